The second-order valence-corrected chi connectivity index (χ2v) is 6.87. The molecule has 6 nitrogen and oxygen atoms in total. The lowest BCUT2D eigenvalue weighted by atomic mass is 10.1. The normalized spacial score (nSPS) is 16.1. The van der Waals surface area contributed by atoms with Crippen molar-refractivity contribution in [3.05, 3.63) is 48.0 Å². The topological polar surface area (TPSA) is 60.0 Å². The summed E-state index contributed by atoms with van der Waals surface area (Å²) in [6.07, 6.45) is 2.33. The molecule has 150 valence electrons. The number of amides is 1. The van der Waals surface area contributed by atoms with Gasteiger partial charge in [0.05, 0.1) is 20.3 Å². The summed E-state index contributed by atoms with van der Waals surface area (Å²) in [5, 5.41) is 2.96. The van der Waals surface area contributed by atoms with Gasteiger partial charge < -0.3 is 24.4 Å². The fourth-order valence-electron chi connectivity index (χ4n) is 3.44. The summed E-state index contributed by atoms with van der Waals surface area (Å²) in [6.45, 7) is 1.90. The quantitative estimate of drug-likeness (QED) is 0.755. The Bertz CT molecular complexity index is 792. The summed E-state index contributed by atoms with van der Waals surface area (Å²) in [6, 6.07) is 13.6. The van der Waals surface area contributed by atoms with E-state index in [2.05, 4.69) is 10.2 Å². The fourth-order valence-corrected chi connectivity index (χ4v) is 3.44. The van der Waals surface area contributed by atoms with Crippen LogP contribution in [-0.2, 0) is 16.0 Å². The highest BCUT2D eigenvalue weighted by Gasteiger charge is 2.22. The number of aryl methyl sites for hydroxylation is 1. The third kappa shape index (κ3) is 4.95. The van der Waals surface area contributed by atoms with Crippen LogP contribution in [0.4, 0.5) is 11.4 Å². The van der Waals surface area contributed by atoms with Gasteiger partial charge in [0, 0.05) is 44.1 Å². The van der Waals surface area contributed by atoms with E-state index in [1.54, 1.807) is 21.3 Å². The molecular formula is C22H28N2O4. The van der Waals surface area contributed by atoms with Crippen molar-refractivity contribution in [1.82, 2.24) is 0 Å². The van der Waals surface area contributed by atoms with Gasteiger partial charge in [-0.1, -0.05) is 6.07 Å². The fraction of sp³-hybridized carbons (Fsp3) is 0.409. The van der Waals surface area contributed by atoms with E-state index >= 15 is 0 Å². The predicted molar refractivity (Wildman–Crippen MR) is 111 cm³/mol. The Labute approximate surface area is 166 Å². The first-order chi connectivity index (χ1) is 13.6. The van der Waals surface area contributed by atoms with Crippen molar-refractivity contribution in [3.63, 3.8) is 0 Å². The van der Waals surface area contributed by atoms with E-state index in [0.29, 0.717) is 18.9 Å². The number of carbonyl (C=O) groups excluding carboxylic acids is 1. The summed E-state index contributed by atoms with van der Waals surface area (Å²) in [7, 11) is 5.00. The van der Waals surface area contributed by atoms with Gasteiger partial charge in [-0.15, -0.1) is 0 Å². The molecule has 28 heavy (non-hydrogen) atoms. The van der Waals surface area contributed by atoms with Gasteiger partial charge in [-0.3, -0.25) is 4.79 Å². The number of carbonyl (C=O) groups is 1. The molecule has 0 radical (unpaired) electrons. The SMILES string of the molecule is COc1ccc(CCC(=O)Nc2ccc(N3CCC(OC)C3)cc2)c(OC)c1. The van der Waals surface area contributed by atoms with Gasteiger partial charge >= 0.3 is 0 Å². The molecule has 1 N–H and O–H groups in total. The van der Waals surface area contributed by atoms with Gasteiger partial charge in [-0.2, -0.15) is 0 Å². The standard InChI is InChI=1S/C22H28N2O4/c1-26-19-10-4-16(21(14-19)28-3)5-11-22(25)23-17-6-8-18(9-7-17)24-13-12-20(15-24)27-2/h4,6-10,14,20H,5,11-13,15H2,1-3H3,(H,23,25). The van der Waals surface area contributed by atoms with Gasteiger partial charge in [0.15, 0.2) is 0 Å². The third-order valence-electron chi connectivity index (χ3n) is 5.11. The Morgan fingerprint density at radius 2 is 1.89 bits per heavy atom. The molecule has 0 spiro atoms. The average molecular weight is 384 g/mol. The number of hydrogen-bond donors (Lipinski definition) is 1. The van der Waals surface area contributed by atoms with E-state index in [4.69, 9.17) is 14.2 Å². The second kappa shape index (κ2) is 9.46. The zero-order valence-corrected chi connectivity index (χ0v) is 16.7. The Kier molecular flexibility index (Phi) is 6.76. The Hall–Kier alpha value is -2.73. The minimum atomic E-state index is -0.0220. The lowest BCUT2D eigenvalue weighted by molar-refractivity contribution is -0.116. The Morgan fingerprint density at radius 1 is 1.11 bits per heavy atom. The predicted octanol–water partition coefficient (Wildman–Crippen LogP) is 3.50. The van der Waals surface area contributed by atoms with Crippen LogP contribution in [0.1, 0.15) is 18.4 Å². The number of hydrogen-bond acceptors (Lipinski definition) is 5. The number of rotatable bonds is 8. The lowest BCUT2D eigenvalue weighted by Gasteiger charge is -2.18. The summed E-state index contributed by atoms with van der Waals surface area (Å²) in [5.41, 5.74) is 2.94. The molecule has 1 saturated heterocycles. The van der Waals surface area contributed by atoms with Crippen LogP contribution in [0.2, 0.25) is 0 Å². The monoisotopic (exact) mass is 384 g/mol. The van der Waals surface area contributed by atoms with E-state index in [1.165, 1.54) is 0 Å². The number of nitrogens with zero attached hydrogens (tertiary/aromatic N) is 1. The van der Waals surface area contributed by atoms with Crippen LogP contribution < -0.4 is 19.7 Å². The van der Waals surface area contributed by atoms with Crippen LogP contribution in [0.5, 0.6) is 11.5 Å². The van der Waals surface area contributed by atoms with Gasteiger partial charge in [0.1, 0.15) is 11.5 Å². The van der Waals surface area contributed by atoms with Crippen molar-refractivity contribution in [2.45, 2.75) is 25.4 Å². The van der Waals surface area contributed by atoms with Crippen molar-refractivity contribution in [3.8, 4) is 11.5 Å². The van der Waals surface area contributed by atoms with E-state index in [0.717, 1.165) is 47.9 Å². The molecule has 1 aliphatic rings. The molecule has 2 aromatic rings. The van der Waals surface area contributed by atoms with Crippen molar-refractivity contribution in [1.29, 1.82) is 0 Å². The summed E-state index contributed by atoms with van der Waals surface area (Å²) in [5.74, 6) is 1.45. The molecule has 2 aromatic carbocycles. The summed E-state index contributed by atoms with van der Waals surface area (Å²) in [4.78, 5) is 14.6. The number of anilines is 2. The minimum Gasteiger partial charge on any atom is -0.497 e. The Balaban J connectivity index is 1.52. The molecule has 0 saturated carbocycles. The van der Waals surface area contributed by atoms with Gasteiger partial charge in [-0.25, -0.2) is 0 Å². The van der Waals surface area contributed by atoms with Crippen LogP contribution in [0, 0.1) is 0 Å². The van der Waals surface area contributed by atoms with Gasteiger partial charge in [0.2, 0.25) is 5.91 Å². The van der Waals surface area contributed by atoms with Crippen molar-refractivity contribution in [2.24, 2.45) is 0 Å². The van der Waals surface area contributed by atoms with E-state index < -0.39 is 0 Å². The van der Waals surface area contributed by atoms with Crippen LogP contribution >= 0.6 is 0 Å². The first-order valence-corrected chi connectivity index (χ1v) is 9.51. The van der Waals surface area contributed by atoms with Crippen LogP contribution in [-0.4, -0.2) is 46.4 Å². The number of ether oxygens (including phenoxy) is 3. The molecule has 0 bridgehead atoms. The number of nitrogens with one attached hydrogen (secondary N) is 1. The maximum absolute atomic E-state index is 12.3. The van der Waals surface area contributed by atoms with Crippen molar-refractivity contribution in [2.75, 3.05) is 44.6 Å². The molecule has 0 aromatic heterocycles. The van der Waals surface area contributed by atoms with E-state index in [1.807, 2.05) is 42.5 Å². The minimum absolute atomic E-state index is 0.0220. The maximum atomic E-state index is 12.3. The highest BCUT2D eigenvalue weighted by atomic mass is 16.5. The smallest absolute Gasteiger partial charge is 0.224 e. The van der Waals surface area contributed by atoms with E-state index in [9.17, 15) is 4.79 Å². The van der Waals surface area contributed by atoms with Crippen molar-refractivity contribution < 1.29 is 19.0 Å². The van der Waals surface area contributed by atoms with Crippen LogP contribution in [0.25, 0.3) is 0 Å². The van der Waals surface area contributed by atoms with Crippen LogP contribution in [0.3, 0.4) is 0 Å². The third-order valence-corrected chi connectivity index (χ3v) is 5.11. The van der Waals surface area contributed by atoms with E-state index in [-0.39, 0.29) is 5.91 Å². The summed E-state index contributed by atoms with van der Waals surface area (Å²) >= 11 is 0. The molecule has 1 atom stereocenters. The highest BCUT2D eigenvalue weighted by molar-refractivity contribution is 5.91. The molecule has 0 aliphatic carbocycles. The molecular weight excluding hydrogens is 356 g/mol. The number of methoxy groups -OCH3 is 3. The number of benzene rings is 2. The highest BCUT2D eigenvalue weighted by Crippen LogP contribution is 2.26. The first-order valence-electron chi connectivity index (χ1n) is 9.51. The summed E-state index contributed by atoms with van der Waals surface area (Å²) < 4.78 is 16.0. The molecule has 6 heteroatoms. The Morgan fingerprint density at radius 3 is 2.54 bits per heavy atom. The van der Waals surface area contributed by atoms with Gasteiger partial charge in [0.25, 0.3) is 0 Å². The molecule has 1 amide bonds. The lowest BCUT2D eigenvalue weighted by Crippen LogP contribution is -2.22. The first kappa shape index (κ1) is 20.0. The molecule has 1 heterocycles. The zero-order valence-electron chi connectivity index (χ0n) is 16.7. The molecule has 1 fully saturated rings. The maximum Gasteiger partial charge on any atom is 0.224 e. The molecule has 1 aliphatic heterocycles. The molecule has 1 unspecified atom stereocenters. The van der Waals surface area contributed by atoms with Crippen LogP contribution in [0.15, 0.2) is 42.5 Å². The molecule has 3 rings (SSSR count). The largest absolute Gasteiger partial charge is 0.497 e. The van der Waals surface area contributed by atoms with Gasteiger partial charge in [-0.05, 0) is 48.7 Å². The average Bonchev–Trinajstić information content (AvgIpc) is 3.22. The second-order valence-electron chi connectivity index (χ2n) is 6.87. The van der Waals surface area contributed by atoms with Crippen molar-refractivity contribution >= 4 is 17.3 Å². The zero-order chi connectivity index (χ0) is 19.9.